The predicted molar refractivity (Wildman–Crippen MR) is 24.9 cm³/mol. The summed E-state index contributed by atoms with van der Waals surface area (Å²) in [5, 5.41) is 2.95. The van der Waals surface area contributed by atoms with E-state index in [9.17, 15) is 0 Å². The van der Waals surface area contributed by atoms with Crippen LogP contribution in [0.15, 0.2) is 12.0 Å². The number of rotatable bonds is 1. The highest BCUT2D eigenvalue weighted by molar-refractivity contribution is 5.12. The smallest absolute Gasteiger partial charge is 0.121 e. The molecule has 0 aromatic heterocycles. The van der Waals surface area contributed by atoms with Crippen LogP contribution < -0.4 is 5.32 Å². The second kappa shape index (κ2) is 0.899. The molecule has 1 aliphatic rings. The fourth-order valence-electron chi connectivity index (χ4n) is 0.290. The van der Waals surface area contributed by atoms with Gasteiger partial charge in [0.05, 0.1) is 0 Å². The van der Waals surface area contributed by atoms with Crippen LogP contribution in [-0.2, 0) is 0 Å². The molecule has 6 heavy (non-hydrogen) atoms. The summed E-state index contributed by atoms with van der Waals surface area (Å²) in [5.74, 6) is 1.22. The van der Waals surface area contributed by atoms with Crippen LogP contribution in [0, 0.1) is 0 Å². The van der Waals surface area contributed by atoms with Gasteiger partial charge in [-0.2, -0.15) is 0 Å². The summed E-state index contributed by atoms with van der Waals surface area (Å²) >= 11 is 0. The summed E-state index contributed by atoms with van der Waals surface area (Å²) in [6, 6.07) is 0. The lowest BCUT2D eigenvalue weighted by atomic mass is 10.8. The molecule has 2 heteroatoms. The zero-order valence-electron chi connectivity index (χ0n) is 4.02. The van der Waals surface area contributed by atoms with Crippen LogP contribution in [0.5, 0.6) is 0 Å². The molecule has 0 saturated carbocycles. The molecule has 0 bridgehead atoms. The summed E-state index contributed by atoms with van der Waals surface area (Å²) in [7, 11) is 4.01. The molecule has 1 N–H and O–H groups in total. The van der Waals surface area contributed by atoms with Crippen LogP contribution in [0.2, 0.25) is 0 Å². The predicted octanol–water partition coefficient (Wildman–Crippen LogP) is -0.0499. The molecular formula is C4H8N2. The van der Waals surface area contributed by atoms with Crippen molar-refractivity contribution < 1.29 is 0 Å². The Morgan fingerprint density at radius 2 is 2.17 bits per heavy atom. The van der Waals surface area contributed by atoms with Crippen molar-refractivity contribution >= 4 is 0 Å². The number of nitrogens with one attached hydrogen (secondary N) is 1. The highest BCUT2D eigenvalue weighted by Crippen LogP contribution is 2.01. The van der Waals surface area contributed by atoms with Gasteiger partial charge in [-0.15, -0.1) is 0 Å². The molecule has 1 heterocycles. The van der Waals surface area contributed by atoms with Gasteiger partial charge in [0.1, 0.15) is 5.82 Å². The van der Waals surface area contributed by atoms with E-state index in [4.69, 9.17) is 0 Å². The number of nitrogens with zero attached hydrogens (tertiary/aromatic N) is 1. The monoisotopic (exact) mass is 84.1 g/mol. The summed E-state index contributed by atoms with van der Waals surface area (Å²) < 4.78 is 0. The summed E-state index contributed by atoms with van der Waals surface area (Å²) in [6.07, 6.45) is 1.96. The third-order valence-corrected chi connectivity index (χ3v) is 0.755. The van der Waals surface area contributed by atoms with Gasteiger partial charge in [0.2, 0.25) is 0 Å². The molecule has 0 atom stereocenters. The van der Waals surface area contributed by atoms with Crippen LogP contribution in [-0.4, -0.2) is 19.0 Å². The van der Waals surface area contributed by atoms with Crippen molar-refractivity contribution in [3.63, 3.8) is 0 Å². The molecule has 34 valence electrons. The molecule has 0 saturated heterocycles. The van der Waals surface area contributed by atoms with Crippen molar-refractivity contribution in [2.75, 3.05) is 14.1 Å². The maximum absolute atomic E-state index is 2.95. The molecule has 0 unspecified atom stereocenters. The van der Waals surface area contributed by atoms with Crippen LogP contribution in [0.1, 0.15) is 0 Å². The molecule has 0 radical (unpaired) electrons. The van der Waals surface area contributed by atoms with E-state index in [-0.39, 0.29) is 0 Å². The largest absolute Gasteiger partial charge is 0.363 e. The lowest BCUT2D eigenvalue weighted by Gasteiger charge is -2.01. The molecule has 1 aliphatic heterocycles. The molecule has 0 aliphatic carbocycles. The fourth-order valence-corrected chi connectivity index (χ4v) is 0.290. The summed E-state index contributed by atoms with van der Waals surface area (Å²) in [6.45, 7) is 0. The van der Waals surface area contributed by atoms with Crippen molar-refractivity contribution in [3.05, 3.63) is 12.0 Å². The Morgan fingerprint density at radius 3 is 2.17 bits per heavy atom. The Balaban J connectivity index is 2.31. The number of hydrogen-bond acceptors (Lipinski definition) is 2. The second-order valence-corrected chi connectivity index (χ2v) is 1.57. The Bertz CT molecular complexity index is 83.5. The van der Waals surface area contributed by atoms with Crippen LogP contribution in [0.3, 0.4) is 0 Å². The Morgan fingerprint density at radius 1 is 1.67 bits per heavy atom. The molecule has 1 rings (SSSR count). The van der Waals surface area contributed by atoms with Gasteiger partial charge < -0.3 is 10.2 Å². The fraction of sp³-hybridized carbons (Fsp3) is 0.500. The Kier molecular flexibility index (Phi) is 0.528. The normalized spacial score (nSPS) is 15.3. The Labute approximate surface area is 37.4 Å². The maximum atomic E-state index is 2.95. The van der Waals surface area contributed by atoms with Gasteiger partial charge in [0.25, 0.3) is 0 Å². The first-order valence-corrected chi connectivity index (χ1v) is 1.95. The molecule has 0 fully saturated rings. The van der Waals surface area contributed by atoms with E-state index in [1.165, 1.54) is 5.82 Å². The van der Waals surface area contributed by atoms with E-state index >= 15 is 0 Å². The van der Waals surface area contributed by atoms with Gasteiger partial charge in [-0.25, -0.2) is 0 Å². The van der Waals surface area contributed by atoms with Crippen molar-refractivity contribution in [2.45, 2.75) is 0 Å². The van der Waals surface area contributed by atoms with Gasteiger partial charge >= 0.3 is 0 Å². The van der Waals surface area contributed by atoms with Crippen LogP contribution in [0.4, 0.5) is 0 Å². The average molecular weight is 84.1 g/mol. The first kappa shape index (κ1) is 3.53. The molecule has 0 aromatic carbocycles. The van der Waals surface area contributed by atoms with Gasteiger partial charge in [-0.1, -0.05) is 0 Å². The lowest BCUT2D eigenvalue weighted by molar-refractivity contribution is 0.523. The first-order valence-electron chi connectivity index (χ1n) is 1.95. The van der Waals surface area contributed by atoms with Gasteiger partial charge in [0, 0.05) is 20.3 Å². The average Bonchev–Trinajstić information content (AvgIpc) is 2.06. The van der Waals surface area contributed by atoms with Gasteiger partial charge in [-0.3, -0.25) is 0 Å². The third kappa shape index (κ3) is 0.455. The molecule has 2 nitrogen and oxygen atoms in total. The van der Waals surface area contributed by atoms with Crippen LogP contribution in [0.25, 0.3) is 0 Å². The van der Waals surface area contributed by atoms with Crippen molar-refractivity contribution in [1.29, 1.82) is 0 Å². The minimum atomic E-state index is 1.22. The first-order chi connectivity index (χ1) is 2.80. The number of hydrogen-bond donors (Lipinski definition) is 1. The Hall–Kier alpha value is -0.660. The second-order valence-electron chi connectivity index (χ2n) is 1.57. The zero-order chi connectivity index (χ0) is 4.57. The highest BCUT2D eigenvalue weighted by Gasteiger charge is 2.05. The molecule has 0 amide bonds. The SMILES string of the molecule is CN(C)C1=CN1. The summed E-state index contributed by atoms with van der Waals surface area (Å²) in [5.41, 5.74) is 0. The molecule has 0 spiro atoms. The lowest BCUT2D eigenvalue weighted by Crippen LogP contribution is -2.07. The minimum Gasteiger partial charge on any atom is -0.363 e. The zero-order valence-corrected chi connectivity index (χ0v) is 4.02. The highest BCUT2D eigenvalue weighted by atomic mass is 15.3. The quantitative estimate of drug-likeness (QED) is 0.482. The molecular weight excluding hydrogens is 76.1 g/mol. The van der Waals surface area contributed by atoms with Crippen molar-refractivity contribution in [3.8, 4) is 0 Å². The van der Waals surface area contributed by atoms with Crippen molar-refractivity contribution in [2.24, 2.45) is 0 Å². The van der Waals surface area contributed by atoms with E-state index in [1.54, 1.807) is 0 Å². The van der Waals surface area contributed by atoms with E-state index in [0.717, 1.165) is 0 Å². The van der Waals surface area contributed by atoms with Crippen LogP contribution >= 0.6 is 0 Å². The maximum Gasteiger partial charge on any atom is 0.121 e. The van der Waals surface area contributed by atoms with E-state index in [1.807, 2.05) is 25.2 Å². The topological polar surface area (TPSA) is 25.2 Å². The van der Waals surface area contributed by atoms with Crippen molar-refractivity contribution in [1.82, 2.24) is 10.2 Å². The van der Waals surface area contributed by atoms with E-state index in [0.29, 0.717) is 0 Å². The van der Waals surface area contributed by atoms with E-state index < -0.39 is 0 Å². The standard InChI is InChI=1S/C4H8N2/c1-6(2)4-3-5-4/h3,5H,1-2H3. The summed E-state index contributed by atoms with van der Waals surface area (Å²) in [4.78, 5) is 2.03. The minimum absolute atomic E-state index is 1.22. The van der Waals surface area contributed by atoms with Gasteiger partial charge in [0.15, 0.2) is 0 Å². The third-order valence-electron chi connectivity index (χ3n) is 0.755. The van der Waals surface area contributed by atoms with Gasteiger partial charge in [-0.05, 0) is 0 Å². The van der Waals surface area contributed by atoms with E-state index in [2.05, 4.69) is 5.32 Å². The molecule has 0 aromatic rings.